The van der Waals surface area contributed by atoms with Gasteiger partial charge >= 0.3 is 0 Å². The van der Waals surface area contributed by atoms with E-state index in [2.05, 4.69) is 40.5 Å². The smallest absolute Gasteiger partial charge is 0.256 e. The molecule has 17 heavy (non-hydrogen) atoms. The number of benzene rings is 2. The van der Waals surface area contributed by atoms with E-state index < -0.39 is 0 Å². The van der Waals surface area contributed by atoms with Crippen molar-refractivity contribution in [3.63, 3.8) is 0 Å². The summed E-state index contributed by atoms with van der Waals surface area (Å²) in [6.45, 7) is 0. The lowest BCUT2D eigenvalue weighted by molar-refractivity contribution is 0.102. The Labute approximate surface area is 119 Å². The van der Waals surface area contributed by atoms with E-state index in [1.54, 1.807) is 12.1 Å². The predicted molar refractivity (Wildman–Crippen MR) is 80.8 cm³/mol. The number of rotatable bonds is 2. The van der Waals surface area contributed by atoms with Gasteiger partial charge in [0.1, 0.15) is 0 Å². The van der Waals surface area contributed by atoms with Crippen molar-refractivity contribution in [2.45, 2.75) is 4.90 Å². The van der Waals surface area contributed by atoms with Gasteiger partial charge in [-0.3, -0.25) is 4.79 Å². The fourth-order valence-corrected chi connectivity index (χ4v) is 2.02. The number of halogens is 1. The van der Waals surface area contributed by atoms with Crippen molar-refractivity contribution >= 4 is 46.8 Å². The summed E-state index contributed by atoms with van der Waals surface area (Å²) in [6, 6.07) is 14.9. The van der Waals surface area contributed by atoms with Crippen LogP contribution in [0, 0.1) is 3.57 Å². The molecule has 0 spiro atoms. The quantitative estimate of drug-likeness (QED) is 0.622. The van der Waals surface area contributed by atoms with Gasteiger partial charge < -0.3 is 5.32 Å². The summed E-state index contributed by atoms with van der Waals surface area (Å²) in [5, 5.41) is 2.84. The highest BCUT2D eigenvalue weighted by Crippen LogP contribution is 2.16. The van der Waals surface area contributed by atoms with Crippen molar-refractivity contribution in [1.82, 2.24) is 0 Å². The van der Waals surface area contributed by atoms with Crippen molar-refractivity contribution in [2.75, 3.05) is 5.32 Å². The molecule has 2 nitrogen and oxygen atoms in total. The fourth-order valence-electron chi connectivity index (χ4n) is 1.40. The molecule has 1 N–H and O–H groups in total. The van der Waals surface area contributed by atoms with Crippen molar-refractivity contribution in [2.24, 2.45) is 0 Å². The molecule has 0 fully saturated rings. The summed E-state index contributed by atoms with van der Waals surface area (Å²) in [6.07, 6.45) is 0. The third-order valence-corrected chi connectivity index (χ3v) is 3.36. The maximum atomic E-state index is 12.0. The lowest BCUT2D eigenvalue weighted by Gasteiger charge is -2.06. The van der Waals surface area contributed by atoms with E-state index in [4.69, 9.17) is 0 Å². The Kier molecular flexibility index (Phi) is 4.06. The molecule has 0 aromatic heterocycles. The van der Waals surface area contributed by atoms with Gasteiger partial charge in [0.2, 0.25) is 0 Å². The van der Waals surface area contributed by atoms with Crippen LogP contribution in [-0.2, 0) is 0 Å². The molecule has 1 amide bonds. The Balaban J connectivity index is 2.17. The first-order valence-electron chi connectivity index (χ1n) is 5.02. The summed E-state index contributed by atoms with van der Waals surface area (Å²) in [5.41, 5.74) is 1.36. The highest BCUT2D eigenvalue weighted by atomic mass is 127. The first-order valence-corrected chi connectivity index (χ1v) is 6.54. The molecule has 0 atom stereocenters. The summed E-state index contributed by atoms with van der Waals surface area (Å²) in [4.78, 5) is 12.6. The second-order valence-corrected chi connectivity index (χ2v) is 5.21. The Morgan fingerprint density at radius 1 is 1.06 bits per heavy atom. The lowest BCUT2D eigenvalue weighted by Crippen LogP contribution is -2.12. The van der Waals surface area contributed by atoms with E-state index in [-0.39, 0.29) is 5.91 Å². The molecule has 2 aromatic carbocycles. The number of hydrogen-bond acceptors (Lipinski definition) is 2. The molecule has 0 heterocycles. The molecule has 0 aliphatic rings. The van der Waals surface area contributed by atoms with Gasteiger partial charge in [-0.05, 0) is 59.0 Å². The molecule has 0 radical (unpaired) electrons. The normalized spacial score (nSPS) is 10.0. The SMILES string of the molecule is O=C(Nc1ccc(I)cc1)c1ccccc1S. The molecule has 0 aliphatic heterocycles. The van der Waals surface area contributed by atoms with Crippen LogP contribution in [0.2, 0.25) is 0 Å². The van der Waals surface area contributed by atoms with Crippen molar-refractivity contribution in [3.8, 4) is 0 Å². The van der Waals surface area contributed by atoms with Gasteiger partial charge in [0.05, 0.1) is 5.56 Å². The number of thiol groups is 1. The van der Waals surface area contributed by atoms with E-state index in [9.17, 15) is 4.79 Å². The number of anilines is 1. The van der Waals surface area contributed by atoms with Gasteiger partial charge in [-0.15, -0.1) is 12.6 Å². The van der Waals surface area contributed by atoms with Gasteiger partial charge in [0.25, 0.3) is 5.91 Å². The third kappa shape index (κ3) is 3.23. The summed E-state index contributed by atoms with van der Waals surface area (Å²) in [5.74, 6) is -0.142. The summed E-state index contributed by atoms with van der Waals surface area (Å²) >= 11 is 6.48. The molecule has 0 unspecified atom stereocenters. The van der Waals surface area contributed by atoms with Crippen LogP contribution in [0.4, 0.5) is 5.69 Å². The van der Waals surface area contributed by atoms with Gasteiger partial charge in [-0.1, -0.05) is 12.1 Å². The van der Waals surface area contributed by atoms with Gasteiger partial charge in [0, 0.05) is 14.2 Å². The molecule has 86 valence electrons. The second-order valence-electron chi connectivity index (χ2n) is 3.48. The number of carbonyl (C=O) groups excluding carboxylic acids is 1. The molecular formula is C13H10INOS. The van der Waals surface area contributed by atoms with Crippen molar-refractivity contribution in [3.05, 3.63) is 57.7 Å². The number of nitrogens with one attached hydrogen (secondary N) is 1. The van der Waals surface area contributed by atoms with E-state index >= 15 is 0 Å². The van der Waals surface area contributed by atoms with E-state index in [1.807, 2.05) is 36.4 Å². The highest BCUT2D eigenvalue weighted by Gasteiger charge is 2.08. The molecule has 0 bridgehead atoms. The fraction of sp³-hybridized carbons (Fsp3) is 0. The zero-order valence-corrected chi connectivity index (χ0v) is 11.9. The third-order valence-electron chi connectivity index (χ3n) is 2.25. The first-order chi connectivity index (χ1) is 8.16. The molecule has 2 rings (SSSR count). The van der Waals surface area contributed by atoms with E-state index in [0.717, 1.165) is 9.26 Å². The van der Waals surface area contributed by atoms with Crippen LogP contribution < -0.4 is 5.32 Å². The topological polar surface area (TPSA) is 29.1 Å². The molecule has 0 saturated carbocycles. The minimum absolute atomic E-state index is 0.142. The summed E-state index contributed by atoms with van der Waals surface area (Å²) in [7, 11) is 0. The van der Waals surface area contributed by atoms with Gasteiger partial charge in [0.15, 0.2) is 0 Å². The van der Waals surface area contributed by atoms with Crippen LogP contribution in [0.5, 0.6) is 0 Å². The Morgan fingerprint density at radius 3 is 2.35 bits per heavy atom. The van der Waals surface area contributed by atoms with Crippen molar-refractivity contribution in [1.29, 1.82) is 0 Å². The van der Waals surface area contributed by atoms with E-state index in [0.29, 0.717) is 10.5 Å². The van der Waals surface area contributed by atoms with Crippen molar-refractivity contribution < 1.29 is 4.79 Å². The Morgan fingerprint density at radius 2 is 1.71 bits per heavy atom. The van der Waals surface area contributed by atoms with Crippen LogP contribution >= 0.6 is 35.2 Å². The maximum Gasteiger partial charge on any atom is 0.256 e. The highest BCUT2D eigenvalue weighted by molar-refractivity contribution is 14.1. The minimum atomic E-state index is -0.142. The molecule has 0 saturated heterocycles. The number of carbonyl (C=O) groups is 1. The predicted octanol–water partition coefficient (Wildman–Crippen LogP) is 3.83. The number of amides is 1. The maximum absolute atomic E-state index is 12.0. The standard InChI is InChI=1S/C13H10INOS/c14-9-5-7-10(8-6-9)15-13(16)11-3-1-2-4-12(11)17/h1-8,17H,(H,15,16). The largest absolute Gasteiger partial charge is 0.322 e. The van der Waals surface area contributed by atoms with E-state index in [1.165, 1.54) is 0 Å². The van der Waals surface area contributed by atoms with Gasteiger partial charge in [-0.25, -0.2) is 0 Å². The first kappa shape index (κ1) is 12.4. The van der Waals surface area contributed by atoms with Crippen LogP contribution in [0.15, 0.2) is 53.4 Å². The molecule has 4 heteroatoms. The van der Waals surface area contributed by atoms with Crippen LogP contribution in [-0.4, -0.2) is 5.91 Å². The zero-order chi connectivity index (χ0) is 12.3. The van der Waals surface area contributed by atoms with Gasteiger partial charge in [-0.2, -0.15) is 0 Å². The average molecular weight is 355 g/mol. The Hall–Kier alpha value is -1.01. The van der Waals surface area contributed by atoms with Crippen LogP contribution in [0.25, 0.3) is 0 Å². The van der Waals surface area contributed by atoms with Crippen LogP contribution in [0.3, 0.4) is 0 Å². The molecule has 2 aromatic rings. The van der Waals surface area contributed by atoms with Crippen LogP contribution in [0.1, 0.15) is 10.4 Å². The summed E-state index contributed by atoms with van der Waals surface area (Å²) < 4.78 is 1.13. The minimum Gasteiger partial charge on any atom is -0.322 e. The molecule has 0 aliphatic carbocycles. The zero-order valence-electron chi connectivity index (χ0n) is 8.85. The number of hydrogen-bond donors (Lipinski definition) is 2. The monoisotopic (exact) mass is 355 g/mol. The molecular weight excluding hydrogens is 345 g/mol. The lowest BCUT2D eigenvalue weighted by atomic mass is 10.2. The average Bonchev–Trinajstić information content (AvgIpc) is 2.32. The Bertz CT molecular complexity index is 539. The second kappa shape index (κ2) is 5.55.